The third-order valence-corrected chi connectivity index (χ3v) is 7.62. The summed E-state index contributed by atoms with van der Waals surface area (Å²) in [6, 6.07) is 9.75. The molecule has 158 valence electrons. The number of amides is 1. The van der Waals surface area contributed by atoms with Gasteiger partial charge in [-0.05, 0) is 97.9 Å². The zero-order valence-corrected chi connectivity index (χ0v) is 17.1. The van der Waals surface area contributed by atoms with E-state index < -0.39 is 0 Å². The SMILES string of the molecule is O=C(NCCc1ccc(O)cc1O)c1ccc(O)c(C23CC4CC(CC(C4)C2)C3)c1. The van der Waals surface area contributed by atoms with Gasteiger partial charge in [-0.25, -0.2) is 0 Å². The van der Waals surface area contributed by atoms with Crippen molar-refractivity contribution in [1.29, 1.82) is 0 Å². The van der Waals surface area contributed by atoms with Crippen molar-refractivity contribution >= 4 is 5.91 Å². The summed E-state index contributed by atoms with van der Waals surface area (Å²) in [7, 11) is 0. The highest BCUT2D eigenvalue weighted by atomic mass is 16.3. The van der Waals surface area contributed by atoms with Gasteiger partial charge in [0, 0.05) is 23.7 Å². The van der Waals surface area contributed by atoms with Crippen LogP contribution in [0.2, 0.25) is 0 Å². The molecule has 30 heavy (non-hydrogen) atoms. The van der Waals surface area contributed by atoms with E-state index in [-0.39, 0.29) is 22.8 Å². The molecule has 4 N–H and O–H groups in total. The second-order valence-corrected chi connectivity index (χ2v) is 9.75. The van der Waals surface area contributed by atoms with Gasteiger partial charge >= 0.3 is 0 Å². The molecule has 1 amide bonds. The Labute approximate surface area is 176 Å². The highest BCUT2D eigenvalue weighted by molar-refractivity contribution is 5.94. The number of carbonyl (C=O) groups excluding carboxylic acids is 1. The molecule has 4 aliphatic rings. The lowest BCUT2D eigenvalue weighted by Gasteiger charge is -2.57. The molecular formula is C25H29NO4. The number of hydrogen-bond acceptors (Lipinski definition) is 4. The molecule has 4 fully saturated rings. The van der Waals surface area contributed by atoms with Crippen LogP contribution >= 0.6 is 0 Å². The molecule has 4 aliphatic carbocycles. The lowest BCUT2D eigenvalue weighted by atomic mass is 9.48. The lowest BCUT2D eigenvalue weighted by Crippen LogP contribution is -2.48. The molecule has 0 aromatic heterocycles. The second-order valence-electron chi connectivity index (χ2n) is 9.75. The fraction of sp³-hybridized carbons (Fsp3) is 0.480. The number of phenolic OH excluding ortho intramolecular Hbond substituents is 3. The van der Waals surface area contributed by atoms with Crippen LogP contribution in [0.5, 0.6) is 17.2 Å². The topological polar surface area (TPSA) is 89.8 Å². The van der Waals surface area contributed by atoms with Crippen molar-refractivity contribution in [3.8, 4) is 17.2 Å². The minimum Gasteiger partial charge on any atom is -0.508 e. The fourth-order valence-electron chi connectivity index (χ4n) is 6.72. The van der Waals surface area contributed by atoms with E-state index in [1.165, 1.54) is 31.4 Å². The maximum Gasteiger partial charge on any atom is 0.251 e. The highest BCUT2D eigenvalue weighted by Gasteiger charge is 2.52. The quantitative estimate of drug-likeness (QED) is 0.597. The van der Waals surface area contributed by atoms with E-state index in [0.717, 1.165) is 42.6 Å². The molecule has 5 heteroatoms. The Morgan fingerprint density at radius 1 is 0.900 bits per heavy atom. The summed E-state index contributed by atoms with van der Waals surface area (Å²) in [5.74, 6) is 2.50. The summed E-state index contributed by atoms with van der Waals surface area (Å²) in [5.41, 5.74) is 2.25. The predicted octanol–water partition coefficient (Wildman–Crippen LogP) is 4.24. The summed E-state index contributed by atoms with van der Waals surface area (Å²) in [4.78, 5) is 12.8. The van der Waals surface area contributed by atoms with Crippen LogP contribution in [0.15, 0.2) is 36.4 Å². The Bertz CT molecular complexity index is 948. The van der Waals surface area contributed by atoms with Gasteiger partial charge in [0.05, 0.1) is 0 Å². The van der Waals surface area contributed by atoms with Crippen molar-refractivity contribution in [3.63, 3.8) is 0 Å². The molecule has 0 radical (unpaired) electrons. The first-order valence-corrected chi connectivity index (χ1v) is 11.0. The number of rotatable bonds is 5. The maximum atomic E-state index is 12.8. The molecule has 0 unspecified atom stereocenters. The molecule has 6 rings (SSSR count). The fourth-order valence-corrected chi connectivity index (χ4v) is 6.72. The molecule has 0 aliphatic heterocycles. The van der Waals surface area contributed by atoms with E-state index in [9.17, 15) is 20.1 Å². The minimum atomic E-state index is -0.167. The Balaban J connectivity index is 1.30. The summed E-state index contributed by atoms with van der Waals surface area (Å²) in [6.45, 7) is 0.380. The number of phenols is 3. The number of benzene rings is 2. The number of aromatic hydroxyl groups is 3. The summed E-state index contributed by atoms with van der Waals surface area (Å²) >= 11 is 0. The van der Waals surface area contributed by atoms with Crippen LogP contribution in [-0.2, 0) is 11.8 Å². The van der Waals surface area contributed by atoms with Gasteiger partial charge < -0.3 is 20.6 Å². The van der Waals surface area contributed by atoms with E-state index in [0.29, 0.717) is 29.8 Å². The van der Waals surface area contributed by atoms with Gasteiger partial charge in [0.2, 0.25) is 0 Å². The van der Waals surface area contributed by atoms with Crippen molar-refractivity contribution in [1.82, 2.24) is 5.32 Å². The van der Waals surface area contributed by atoms with E-state index in [4.69, 9.17) is 0 Å². The molecule has 2 aromatic rings. The van der Waals surface area contributed by atoms with Gasteiger partial charge in [-0.2, -0.15) is 0 Å². The third-order valence-electron chi connectivity index (χ3n) is 7.62. The van der Waals surface area contributed by atoms with Crippen LogP contribution in [0.4, 0.5) is 0 Å². The van der Waals surface area contributed by atoms with E-state index in [1.54, 1.807) is 18.2 Å². The van der Waals surface area contributed by atoms with Crippen molar-refractivity contribution in [2.24, 2.45) is 17.8 Å². The van der Waals surface area contributed by atoms with Crippen LogP contribution in [0, 0.1) is 17.8 Å². The van der Waals surface area contributed by atoms with E-state index in [2.05, 4.69) is 5.32 Å². The normalized spacial score (nSPS) is 29.1. The van der Waals surface area contributed by atoms with E-state index >= 15 is 0 Å². The first-order chi connectivity index (χ1) is 14.4. The van der Waals surface area contributed by atoms with Crippen LogP contribution < -0.4 is 5.32 Å². The Hall–Kier alpha value is -2.69. The highest BCUT2D eigenvalue weighted by Crippen LogP contribution is 2.61. The molecule has 4 saturated carbocycles. The average molecular weight is 408 g/mol. The second kappa shape index (κ2) is 7.22. The van der Waals surface area contributed by atoms with Crippen molar-refractivity contribution < 1.29 is 20.1 Å². The summed E-state index contributed by atoms with van der Waals surface area (Å²) in [6.07, 6.45) is 7.89. The van der Waals surface area contributed by atoms with Crippen molar-refractivity contribution in [3.05, 3.63) is 53.1 Å². The number of hydrogen-bond donors (Lipinski definition) is 4. The maximum absolute atomic E-state index is 12.8. The first-order valence-electron chi connectivity index (χ1n) is 11.0. The smallest absolute Gasteiger partial charge is 0.251 e. The van der Waals surface area contributed by atoms with Crippen molar-refractivity contribution in [2.75, 3.05) is 6.54 Å². The van der Waals surface area contributed by atoms with Gasteiger partial charge in [-0.15, -0.1) is 0 Å². The Kier molecular flexibility index (Phi) is 4.64. The zero-order chi connectivity index (χ0) is 20.9. The minimum absolute atomic E-state index is 0.0154. The van der Waals surface area contributed by atoms with Crippen LogP contribution in [-0.4, -0.2) is 27.8 Å². The zero-order valence-electron chi connectivity index (χ0n) is 17.1. The van der Waals surface area contributed by atoms with Gasteiger partial charge in [-0.1, -0.05) is 6.07 Å². The van der Waals surface area contributed by atoms with Gasteiger partial charge in [0.1, 0.15) is 17.2 Å². The lowest BCUT2D eigenvalue weighted by molar-refractivity contribution is -0.00615. The van der Waals surface area contributed by atoms with Crippen LogP contribution in [0.1, 0.15) is 60.0 Å². The van der Waals surface area contributed by atoms with Gasteiger partial charge in [0.15, 0.2) is 0 Å². The predicted molar refractivity (Wildman–Crippen MR) is 114 cm³/mol. The molecule has 5 nitrogen and oxygen atoms in total. The molecule has 0 saturated heterocycles. The molecular weight excluding hydrogens is 378 g/mol. The van der Waals surface area contributed by atoms with Gasteiger partial charge in [0.25, 0.3) is 5.91 Å². The summed E-state index contributed by atoms with van der Waals surface area (Å²) < 4.78 is 0. The van der Waals surface area contributed by atoms with Crippen LogP contribution in [0.3, 0.4) is 0 Å². The summed E-state index contributed by atoms with van der Waals surface area (Å²) in [5, 5.41) is 32.9. The van der Waals surface area contributed by atoms with Crippen molar-refractivity contribution in [2.45, 2.75) is 50.4 Å². The molecule has 2 aromatic carbocycles. The number of nitrogens with one attached hydrogen (secondary N) is 1. The van der Waals surface area contributed by atoms with E-state index in [1.807, 2.05) is 6.07 Å². The molecule has 0 heterocycles. The first kappa shape index (κ1) is 19.3. The Morgan fingerprint density at radius 3 is 2.20 bits per heavy atom. The monoisotopic (exact) mass is 407 g/mol. The third kappa shape index (κ3) is 3.40. The van der Waals surface area contributed by atoms with Gasteiger partial charge in [-0.3, -0.25) is 4.79 Å². The standard InChI is InChI=1S/C25H29NO4/c27-20-3-1-18(23(29)11-20)5-6-26-24(30)19-2-4-22(28)21(10-19)25-12-15-7-16(13-25)9-17(8-15)14-25/h1-4,10-11,15-17,27-29H,5-9,12-14H2,(H,26,30). The van der Waals surface area contributed by atoms with Crippen LogP contribution in [0.25, 0.3) is 0 Å². The average Bonchev–Trinajstić information content (AvgIpc) is 2.68. The number of carbonyl (C=O) groups is 1. The molecule has 0 spiro atoms. The Morgan fingerprint density at radius 2 is 1.57 bits per heavy atom. The largest absolute Gasteiger partial charge is 0.508 e. The molecule has 0 atom stereocenters. The molecule has 4 bridgehead atoms.